The quantitative estimate of drug-likeness (QED) is 0.604. The Bertz CT molecular complexity index is 1040. The van der Waals surface area contributed by atoms with E-state index < -0.39 is 0 Å². The number of piperidine rings is 1. The summed E-state index contributed by atoms with van der Waals surface area (Å²) < 4.78 is 10.5. The minimum atomic E-state index is 0.145. The van der Waals surface area contributed by atoms with E-state index in [9.17, 15) is 4.79 Å². The Hall–Kier alpha value is -3.41. The predicted octanol–water partition coefficient (Wildman–Crippen LogP) is 4.11. The van der Waals surface area contributed by atoms with Gasteiger partial charge in [-0.2, -0.15) is 0 Å². The van der Waals surface area contributed by atoms with Crippen LogP contribution in [0.4, 0.5) is 0 Å². The van der Waals surface area contributed by atoms with Gasteiger partial charge in [0, 0.05) is 30.8 Å². The Kier molecular flexibility index (Phi) is 6.46. The lowest BCUT2D eigenvalue weighted by Gasteiger charge is -2.32. The van der Waals surface area contributed by atoms with Gasteiger partial charge in [-0.15, -0.1) is 0 Å². The summed E-state index contributed by atoms with van der Waals surface area (Å²) in [7, 11) is 3.29. The van der Waals surface area contributed by atoms with Crippen molar-refractivity contribution in [3.8, 4) is 22.8 Å². The molecule has 0 aliphatic carbocycles. The summed E-state index contributed by atoms with van der Waals surface area (Å²) in [5.74, 6) is 1.92. The maximum atomic E-state index is 12.9. The number of carbonyl (C=O) groups excluding carboxylic acids is 1. The molecule has 31 heavy (non-hydrogen) atoms. The minimum Gasteiger partial charge on any atom is -0.497 e. The van der Waals surface area contributed by atoms with Crippen LogP contribution in [0.3, 0.4) is 0 Å². The summed E-state index contributed by atoms with van der Waals surface area (Å²) in [5, 5.41) is 0. The van der Waals surface area contributed by atoms with E-state index in [0.717, 1.165) is 53.4 Å². The van der Waals surface area contributed by atoms with Crippen molar-refractivity contribution in [1.82, 2.24) is 14.9 Å². The van der Waals surface area contributed by atoms with Crippen molar-refractivity contribution in [2.45, 2.75) is 25.2 Å². The van der Waals surface area contributed by atoms with Gasteiger partial charge in [-0.25, -0.2) is 4.98 Å². The lowest BCUT2D eigenvalue weighted by Crippen LogP contribution is -2.40. The highest BCUT2D eigenvalue weighted by molar-refractivity contribution is 5.79. The second-order valence-corrected chi connectivity index (χ2v) is 7.76. The fourth-order valence-corrected chi connectivity index (χ4v) is 3.97. The third-order valence-electron chi connectivity index (χ3n) is 5.73. The van der Waals surface area contributed by atoms with Crippen molar-refractivity contribution >= 4 is 5.91 Å². The zero-order valence-corrected chi connectivity index (χ0v) is 18.0. The van der Waals surface area contributed by atoms with Crippen molar-refractivity contribution < 1.29 is 14.3 Å². The first-order chi connectivity index (χ1) is 15.2. The first-order valence-electron chi connectivity index (χ1n) is 10.5. The number of methoxy groups -OCH3 is 2. The number of benzene rings is 2. The van der Waals surface area contributed by atoms with E-state index in [-0.39, 0.29) is 11.8 Å². The topological polar surface area (TPSA) is 64.5 Å². The maximum Gasteiger partial charge on any atom is 0.227 e. The second kappa shape index (κ2) is 9.60. The van der Waals surface area contributed by atoms with Crippen LogP contribution in [0, 0.1) is 0 Å². The zero-order chi connectivity index (χ0) is 21.6. The average molecular weight is 418 g/mol. The number of hydrogen-bond acceptors (Lipinski definition) is 5. The maximum absolute atomic E-state index is 12.9. The molecule has 2 heterocycles. The number of nitrogens with zero attached hydrogens (tertiary/aromatic N) is 3. The number of aromatic nitrogens is 2. The second-order valence-electron chi connectivity index (χ2n) is 7.76. The lowest BCUT2D eigenvalue weighted by molar-refractivity contribution is -0.131. The zero-order valence-electron chi connectivity index (χ0n) is 18.0. The van der Waals surface area contributed by atoms with Crippen LogP contribution in [0.15, 0.2) is 60.9 Å². The first-order valence-corrected chi connectivity index (χ1v) is 10.5. The van der Waals surface area contributed by atoms with Crippen LogP contribution in [-0.4, -0.2) is 48.1 Å². The van der Waals surface area contributed by atoms with Gasteiger partial charge >= 0.3 is 0 Å². The molecule has 1 saturated heterocycles. The van der Waals surface area contributed by atoms with E-state index in [4.69, 9.17) is 14.5 Å². The van der Waals surface area contributed by atoms with E-state index in [1.165, 1.54) is 0 Å². The molecule has 0 N–H and O–H groups in total. The molecule has 1 aliphatic rings. The largest absolute Gasteiger partial charge is 0.497 e. The van der Waals surface area contributed by atoms with Crippen molar-refractivity contribution in [3.05, 3.63) is 72.2 Å². The molecule has 2 aromatic carbocycles. The first kappa shape index (κ1) is 20.8. The van der Waals surface area contributed by atoms with Gasteiger partial charge in [0.15, 0.2) is 0 Å². The van der Waals surface area contributed by atoms with Crippen LogP contribution in [0.1, 0.15) is 30.0 Å². The Balaban J connectivity index is 1.46. The number of carbonyl (C=O) groups is 1. The minimum absolute atomic E-state index is 0.145. The predicted molar refractivity (Wildman–Crippen MR) is 119 cm³/mol. The summed E-state index contributed by atoms with van der Waals surface area (Å²) >= 11 is 0. The fourth-order valence-electron chi connectivity index (χ4n) is 3.97. The molecule has 1 aromatic heterocycles. The van der Waals surface area contributed by atoms with Gasteiger partial charge in [0.1, 0.15) is 11.5 Å². The molecule has 0 saturated carbocycles. The third kappa shape index (κ3) is 5.02. The van der Waals surface area contributed by atoms with E-state index in [2.05, 4.69) is 4.98 Å². The van der Waals surface area contributed by atoms with E-state index in [1.807, 2.05) is 59.6 Å². The van der Waals surface area contributed by atoms with Gasteiger partial charge in [-0.05, 0) is 42.7 Å². The number of ether oxygens (including phenoxy) is 2. The molecule has 1 atom stereocenters. The van der Waals surface area contributed by atoms with Crippen LogP contribution < -0.4 is 9.47 Å². The molecule has 1 aliphatic heterocycles. The molecule has 4 rings (SSSR count). The van der Waals surface area contributed by atoms with Crippen LogP contribution in [0.25, 0.3) is 11.3 Å². The molecule has 0 radical (unpaired) electrons. The molecule has 0 bridgehead atoms. The van der Waals surface area contributed by atoms with Crippen LogP contribution >= 0.6 is 0 Å². The highest BCUT2D eigenvalue weighted by Gasteiger charge is 2.26. The van der Waals surface area contributed by atoms with Crippen molar-refractivity contribution in [1.29, 1.82) is 0 Å². The van der Waals surface area contributed by atoms with Gasteiger partial charge < -0.3 is 14.4 Å². The summed E-state index contributed by atoms with van der Waals surface area (Å²) in [6.45, 7) is 1.46. The molecule has 6 heteroatoms. The van der Waals surface area contributed by atoms with E-state index in [1.54, 1.807) is 20.4 Å². The highest BCUT2D eigenvalue weighted by atomic mass is 16.5. The molecule has 0 spiro atoms. The van der Waals surface area contributed by atoms with E-state index in [0.29, 0.717) is 13.0 Å². The molecular formula is C25H27N3O3. The molecule has 6 nitrogen and oxygen atoms in total. The lowest BCUT2D eigenvalue weighted by atomic mass is 9.94. The molecular weight excluding hydrogens is 390 g/mol. The van der Waals surface area contributed by atoms with Gasteiger partial charge in [-0.3, -0.25) is 9.78 Å². The fraction of sp³-hybridized carbons (Fsp3) is 0.320. The summed E-state index contributed by atoms with van der Waals surface area (Å²) in [6.07, 6.45) is 5.96. The normalized spacial score (nSPS) is 16.1. The SMILES string of the molecule is COc1ccc(CC(=O)N2CCC[C@H](c3cncc(-c4cccc(OC)c4)n3)C2)cc1. The number of likely N-dealkylation sites (tertiary alicyclic amines) is 1. The van der Waals surface area contributed by atoms with Gasteiger partial charge in [0.25, 0.3) is 0 Å². The van der Waals surface area contributed by atoms with Crippen LogP contribution in [0.2, 0.25) is 0 Å². The number of rotatable bonds is 6. The molecule has 160 valence electrons. The summed E-state index contributed by atoms with van der Waals surface area (Å²) in [6, 6.07) is 15.5. The Morgan fingerprint density at radius 2 is 1.87 bits per heavy atom. The van der Waals surface area contributed by atoms with Gasteiger partial charge in [0.2, 0.25) is 5.91 Å². The van der Waals surface area contributed by atoms with Gasteiger partial charge in [-0.1, -0.05) is 24.3 Å². The number of hydrogen-bond donors (Lipinski definition) is 0. The van der Waals surface area contributed by atoms with Crippen LogP contribution in [-0.2, 0) is 11.2 Å². The Morgan fingerprint density at radius 3 is 2.65 bits per heavy atom. The third-order valence-corrected chi connectivity index (χ3v) is 5.73. The average Bonchev–Trinajstić information content (AvgIpc) is 2.84. The molecule has 1 amide bonds. The molecule has 0 unspecified atom stereocenters. The van der Waals surface area contributed by atoms with Crippen molar-refractivity contribution in [2.75, 3.05) is 27.3 Å². The van der Waals surface area contributed by atoms with E-state index >= 15 is 0 Å². The summed E-state index contributed by atoms with van der Waals surface area (Å²) in [5.41, 5.74) is 3.71. The monoisotopic (exact) mass is 417 g/mol. The van der Waals surface area contributed by atoms with Gasteiger partial charge in [0.05, 0.1) is 38.2 Å². The number of amides is 1. The van der Waals surface area contributed by atoms with Crippen molar-refractivity contribution in [3.63, 3.8) is 0 Å². The van der Waals surface area contributed by atoms with Crippen LogP contribution in [0.5, 0.6) is 11.5 Å². The standard InChI is InChI=1S/C25H27N3O3/c1-30-21-10-8-18(9-11-21)13-25(29)28-12-4-6-20(17-28)24-16-26-15-23(27-24)19-5-3-7-22(14-19)31-2/h3,5,7-11,14-16,20H,4,6,12-13,17H2,1-2H3/t20-/m0/s1. The van der Waals surface area contributed by atoms with Crippen molar-refractivity contribution in [2.24, 2.45) is 0 Å². The Morgan fingerprint density at radius 1 is 1.06 bits per heavy atom. The Labute approximate surface area is 182 Å². The smallest absolute Gasteiger partial charge is 0.227 e. The molecule has 1 fully saturated rings. The highest BCUT2D eigenvalue weighted by Crippen LogP contribution is 2.28. The summed E-state index contributed by atoms with van der Waals surface area (Å²) in [4.78, 5) is 24.2. The molecule has 3 aromatic rings.